The van der Waals surface area contributed by atoms with E-state index in [2.05, 4.69) is 20.2 Å². The number of pyridine rings is 1. The van der Waals surface area contributed by atoms with Gasteiger partial charge in [-0.05, 0) is 63.1 Å². The van der Waals surface area contributed by atoms with Crippen LogP contribution in [0.1, 0.15) is 37.6 Å². The van der Waals surface area contributed by atoms with Gasteiger partial charge in [0.05, 0.1) is 16.1 Å². The summed E-state index contributed by atoms with van der Waals surface area (Å²) in [5, 5.41) is 8.01. The van der Waals surface area contributed by atoms with Gasteiger partial charge in [-0.2, -0.15) is 0 Å². The molecule has 0 aliphatic heterocycles. The van der Waals surface area contributed by atoms with E-state index in [-0.39, 0.29) is 17.0 Å². The molecule has 4 rings (SSSR count). The predicted molar refractivity (Wildman–Crippen MR) is 112 cm³/mol. The van der Waals surface area contributed by atoms with E-state index in [1.165, 1.54) is 0 Å². The monoisotopic (exact) mass is 414 g/mol. The molecule has 8 heteroatoms. The van der Waals surface area contributed by atoms with Crippen LogP contribution in [0.4, 0.5) is 0 Å². The minimum atomic E-state index is -3.74. The van der Waals surface area contributed by atoms with Crippen LogP contribution in [0.2, 0.25) is 0 Å². The van der Waals surface area contributed by atoms with Crippen LogP contribution in [-0.2, 0) is 10.0 Å². The summed E-state index contributed by atoms with van der Waals surface area (Å²) >= 11 is 0. The molecule has 1 aliphatic rings. The first kappa shape index (κ1) is 20.0. The number of benzene rings is 1. The zero-order chi connectivity index (χ0) is 20.6. The van der Waals surface area contributed by atoms with Crippen molar-refractivity contribution in [2.45, 2.75) is 57.0 Å². The maximum Gasteiger partial charge on any atom is 0.241 e. The normalized spacial score (nSPS) is 19.8. The van der Waals surface area contributed by atoms with Crippen molar-refractivity contribution in [2.75, 3.05) is 6.54 Å². The zero-order valence-corrected chi connectivity index (χ0v) is 17.7. The van der Waals surface area contributed by atoms with Gasteiger partial charge in [-0.15, -0.1) is 0 Å². The largest absolute Gasteiger partial charge is 0.361 e. The molecule has 0 spiro atoms. The fraction of sp³-hybridized carbons (Fsp3) is 0.429. The van der Waals surface area contributed by atoms with Crippen LogP contribution < -0.4 is 10.0 Å². The van der Waals surface area contributed by atoms with Gasteiger partial charge in [0.1, 0.15) is 5.76 Å². The zero-order valence-electron chi connectivity index (χ0n) is 16.9. The summed E-state index contributed by atoms with van der Waals surface area (Å²) in [6.07, 6.45) is 4.48. The van der Waals surface area contributed by atoms with E-state index in [1.54, 1.807) is 24.4 Å². The molecule has 0 bridgehead atoms. The summed E-state index contributed by atoms with van der Waals surface area (Å²) in [4.78, 5) is 4.64. The van der Waals surface area contributed by atoms with Crippen molar-refractivity contribution in [3.8, 4) is 11.1 Å². The Hall–Kier alpha value is -2.29. The first-order valence-corrected chi connectivity index (χ1v) is 11.5. The molecule has 2 aromatic heterocycles. The maximum atomic E-state index is 13.4. The van der Waals surface area contributed by atoms with E-state index in [4.69, 9.17) is 4.52 Å². The van der Waals surface area contributed by atoms with Gasteiger partial charge in [0.2, 0.25) is 10.0 Å². The Balaban J connectivity index is 1.82. The summed E-state index contributed by atoms with van der Waals surface area (Å²) in [7, 11) is -3.74. The third-order valence-corrected chi connectivity index (χ3v) is 7.11. The average molecular weight is 415 g/mol. The van der Waals surface area contributed by atoms with Crippen molar-refractivity contribution < 1.29 is 12.9 Å². The second kappa shape index (κ2) is 7.85. The lowest BCUT2D eigenvalue weighted by Crippen LogP contribution is -2.46. The second-order valence-corrected chi connectivity index (χ2v) is 9.25. The van der Waals surface area contributed by atoms with Gasteiger partial charge < -0.3 is 9.84 Å². The van der Waals surface area contributed by atoms with Crippen molar-refractivity contribution in [1.29, 1.82) is 0 Å². The van der Waals surface area contributed by atoms with Gasteiger partial charge in [-0.3, -0.25) is 4.98 Å². The number of sulfonamides is 1. The SMILES string of the molecule is CCN[C@H]1CCC[C@H]1NS(=O)(=O)c1cc(-c2c(C)noc2C)cc2ncccc12. The minimum Gasteiger partial charge on any atom is -0.361 e. The topological polar surface area (TPSA) is 97.1 Å². The highest BCUT2D eigenvalue weighted by Gasteiger charge is 2.32. The number of rotatable bonds is 6. The lowest BCUT2D eigenvalue weighted by Gasteiger charge is -2.22. The maximum absolute atomic E-state index is 13.4. The lowest BCUT2D eigenvalue weighted by molar-refractivity contribution is 0.393. The van der Waals surface area contributed by atoms with Crippen molar-refractivity contribution in [3.05, 3.63) is 41.9 Å². The third kappa shape index (κ3) is 3.80. The van der Waals surface area contributed by atoms with Gasteiger partial charge in [0.25, 0.3) is 0 Å². The average Bonchev–Trinajstić information content (AvgIpc) is 3.26. The standard InChI is InChI=1S/C21H26N4O3S/c1-4-22-17-8-5-9-18(17)25-29(26,27)20-12-15(21-13(2)24-28-14(21)3)11-19-16(20)7-6-10-23-19/h6-7,10-12,17-18,22,25H,4-5,8-9H2,1-3H3/t17-,18+/m0/s1. The molecular weight excluding hydrogens is 388 g/mol. The highest BCUT2D eigenvalue weighted by Crippen LogP contribution is 2.33. The van der Waals surface area contributed by atoms with Gasteiger partial charge >= 0.3 is 0 Å². The Morgan fingerprint density at radius 2 is 2.00 bits per heavy atom. The fourth-order valence-corrected chi connectivity index (χ4v) is 5.83. The van der Waals surface area contributed by atoms with E-state index >= 15 is 0 Å². The molecule has 0 amide bonds. The van der Waals surface area contributed by atoms with E-state index in [0.717, 1.165) is 42.6 Å². The van der Waals surface area contributed by atoms with E-state index < -0.39 is 10.0 Å². The molecule has 1 aromatic carbocycles. The van der Waals surface area contributed by atoms with Crippen LogP contribution in [0.3, 0.4) is 0 Å². The Kier molecular flexibility index (Phi) is 5.42. The smallest absolute Gasteiger partial charge is 0.241 e. The molecule has 3 aromatic rings. The Bertz CT molecular complexity index is 1120. The molecule has 1 saturated carbocycles. The number of nitrogens with one attached hydrogen (secondary N) is 2. The molecule has 0 radical (unpaired) electrons. The molecule has 2 atom stereocenters. The Labute approximate surface area is 170 Å². The van der Waals surface area contributed by atoms with Crippen LogP contribution in [0.15, 0.2) is 39.9 Å². The van der Waals surface area contributed by atoms with Crippen molar-refractivity contribution in [3.63, 3.8) is 0 Å². The van der Waals surface area contributed by atoms with Gasteiger partial charge in [0, 0.05) is 29.2 Å². The van der Waals surface area contributed by atoms with E-state index in [1.807, 2.05) is 26.8 Å². The van der Waals surface area contributed by atoms with Crippen LogP contribution in [-0.4, -0.2) is 37.2 Å². The quantitative estimate of drug-likeness (QED) is 0.642. The molecule has 7 nitrogen and oxygen atoms in total. The molecule has 0 unspecified atom stereocenters. The lowest BCUT2D eigenvalue weighted by atomic mass is 10.0. The number of likely N-dealkylation sites (N-methyl/N-ethyl adjacent to an activating group) is 1. The summed E-state index contributed by atoms with van der Waals surface area (Å²) in [5.74, 6) is 0.650. The van der Waals surface area contributed by atoms with Crippen LogP contribution in [0.25, 0.3) is 22.0 Å². The number of aryl methyl sites for hydroxylation is 2. The Morgan fingerprint density at radius 1 is 1.21 bits per heavy atom. The number of nitrogens with zero attached hydrogens (tertiary/aromatic N) is 2. The van der Waals surface area contributed by atoms with Crippen molar-refractivity contribution in [1.82, 2.24) is 20.2 Å². The summed E-state index contributed by atoms with van der Waals surface area (Å²) in [6, 6.07) is 7.19. The fourth-order valence-electron chi connectivity index (χ4n) is 4.28. The van der Waals surface area contributed by atoms with Crippen LogP contribution in [0.5, 0.6) is 0 Å². The third-order valence-electron chi connectivity index (χ3n) is 5.58. The van der Waals surface area contributed by atoms with Crippen LogP contribution >= 0.6 is 0 Å². The highest BCUT2D eigenvalue weighted by molar-refractivity contribution is 7.89. The Morgan fingerprint density at radius 3 is 2.72 bits per heavy atom. The first-order chi connectivity index (χ1) is 13.9. The number of hydrogen-bond donors (Lipinski definition) is 2. The predicted octanol–water partition coefficient (Wildman–Crippen LogP) is 3.32. The van der Waals surface area contributed by atoms with Crippen molar-refractivity contribution >= 4 is 20.9 Å². The summed E-state index contributed by atoms with van der Waals surface area (Å²) in [6.45, 7) is 6.53. The minimum absolute atomic E-state index is 0.116. The number of fused-ring (bicyclic) bond motifs is 1. The molecule has 1 aliphatic carbocycles. The molecule has 2 heterocycles. The summed E-state index contributed by atoms with van der Waals surface area (Å²) in [5.41, 5.74) is 2.89. The molecule has 1 fully saturated rings. The van der Waals surface area contributed by atoms with E-state index in [0.29, 0.717) is 16.7 Å². The number of aromatic nitrogens is 2. The van der Waals surface area contributed by atoms with Gasteiger partial charge in [-0.1, -0.05) is 18.5 Å². The van der Waals surface area contributed by atoms with Crippen molar-refractivity contribution in [2.24, 2.45) is 0 Å². The highest BCUT2D eigenvalue weighted by atomic mass is 32.2. The van der Waals surface area contributed by atoms with E-state index in [9.17, 15) is 8.42 Å². The summed E-state index contributed by atoms with van der Waals surface area (Å²) < 4.78 is 35.1. The molecular formula is C21H26N4O3S. The molecule has 29 heavy (non-hydrogen) atoms. The van der Waals surface area contributed by atoms with Crippen LogP contribution in [0, 0.1) is 13.8 Å². The molecule has 154 valence electrons. The van der Waals surface area contributed by atoms with Gasteiger partial charge in [-0.25, -0.2) is 13.1 Å². The number of hydrogen-bond acceptors (Lipinski definition) is 6. The van der Waals surface area contributed by atoms with Gasteiger partial charge in [0.15, 0.2) is 0 Å². The molecule has 2 N–H and O–H groups in total. The molecule has 0 saturated heterocycles. The first-order valence-electron chi connectivity index (χ1n) is 9.98. The second-order valence-electron chi connectivity index (χ2n) is 7.57.